The maximum Gasteiger partial charge on any atom is 0.0992 e. The van der Waals surface area contributed by atoms with Crippen molar-refractivity contribution in [3.63, 3.8) is 0 Å². The summed E-state index contributed by atoms with van der Waals surface area (Å²) in [5.74, 6) is 1.54. The lowest BCUT2D eigenvalue weighted by Crippen LogP contribution is -2.38. The quantitative estimate of drug-likeness (QED) is 0.787. The van der Waals surface area contributed by atoms with E-state index in [-0.39, 0.29) is 0 Å². The van der Waals surface area contributed by atoms with Crippen molar-refractivity contribution < 1.29 is 0 Å². The third-order valence-corrected chi connectivity index (χ3v) is 4.39. The standard InChI is InChI=1S/C14H17BrN2/c1-10-5-6-17(9-11(10)2)14-4-3-12(8-16)7-13(14)15/h3-4,7,10-11H,5-6,9H2,1-2H3. The van der Waals surface area contributed by atoms with Gasteiger partial charge >= 0.3 is 0 Å². The molecule has 1 heterocycles. The minimum Gasteiger partial charge on any atom is -0.370 e. The van der Waals surface area contributed by atoms with Gasteiger partial charge in [0.1, 0.15) is 0 Å². The van der Waals surface area contributed by atoms with Crippen molar-refractivity contribution >= 4 is 21.6 Å². The van der Waals surface area contributed by atoms with E-state index in [1.165, 1.54) is 12.1 Å². The van der Waals surface area contributed by atoms with Gasteiger partial charge in [0.25, 0.3) is 0 Å². The zero-order valence-electron chi connectivity index (χ0n) is 10.3. The lowest BCUT2D eigenvalue weighted by molar-refractivity contribution is 0.324. The number of anilines is 1. The van der Waals surface area contributed by atoms with Crippen molar-refractivity contribution in [2.24, 2.45) is 11.8 Å². The van der Waals surface area contributed by atoms with E-state index >= 15 is 0 Å². The molecule has 0 amide bonds. The summed E-state index contributed by atoms with van der Waals surface area (Å²) in [5, 5.41) is 8.86. The summed E-state index contributed by atoms with van der Waals surface area (Å²) in [6, 6.07) is 8.00. The second-order valence-corrected chi connectivity index (χ2v) is 5.82. The van der Waals surface area contributed by atoms with Crippen LogP contribution in [0.5, 0.6) is 0 Å². The molecule has 1 fully saturated rings. The first-order valence-corrected chi connectivity index (χ1v) is 6.85. The Morgan fingerprint density at radius 3 is 2.71 bits per heavy atom. The van der Waals surface area contributed by atoms with Crippen molar-refractivity contribution in [1.29, 1.82) is 5.26 Å². The molecule has 0 aromatic heterocycles. The lowest BCUT2D eigenvalue weighted by Gasteiger charge is -2.37. The van der Waals surface area contributed by atoms with Gasteiger partial charge < -0.3 is 4.90 Å². The molecule has 0 spiro atoms. The highest BCUT2D eigenvalue weighted by molar-refractivity contribution is 9.10. The summed E-state index contributed by atoms with van der Waals surface area (Å²) in [7, 11) is 0. The molecular weight excluding hydrogens is 276 g/mol. The molecule has 1 aromatic rings. The normalized spacial score (nSPS) is 24.5. The number of halogens is 1. The molecule has 0 bridgehead atoms. The summed E-state index contributed by atoms with van der Waals surface area (Å²) in [4.78, 5) is 2.41. The first kappa shape index (κ1) is 12.4. The Morgan fingerprint density at radius 1 is 1.35 bits per heavy atom. The van der Waals surface area contributed by atoms with Gasteiger partial charge in [0.2, 0.25) is 0 Å². The number of rotatable bonds is 1. The molecule has 3 heteroatoms. The largest absolute Gasteiger partial charge is 0.370 e. The van der Waals surface area contributed by atoms with E-state index in [2.05, 4.69) is 40.7 Å². The number of benzene rings is 1. The molecule has 2 atom stereocenters. The van der Waals surface area contributed by atoms with E-state index < -0.39 is 0 Å². The Morgan fingerprint density at radius 2 is 2.12 bits per heavy atom. The molecule has 1 aliphatic rings. The topological polar surface area (TPSA) is 27.0 Å². The lowest BCUT2D eigenvalue weighted by atomic mass is 9.88. The first-order valence-electron chi connectivity index (χ1n) is 6.06. The number of hydrogen-bond donors (Lipinski definition) is 0. The summed E-state index contributed by atoms with van der Waals surface area (Å²) in [5.41, 5.74) is 1.92. The Hall–Kier alpha value is -1.01. The fourth-order valence-corrected chi connectivity index (χ4v) is 2.94. The van der Waals surface area contributed by atoms with E-state index in [9.17, 15) is 0 Å². The molecule has 0 aliphatic carbocycles. The van der Waals surface area contributed by atoms with Gasteiger partial charge in [0.05, 0.1) is 17.3 Å². The van der Waals surface area contributed by atoms with Gasteiger partial charge in [-0.2, -0.15) is 5.26 Å². The zero-order valence-corrected chi connectivity index (χ0v) is 11.9. The molecule has 0 saturated carbocycles. The molecule has 1 aromatic carbocycles. The minimum atomic E-state index is 0.707. The predicted octanol–water partition coefficient (Wildman–Crippen LogP) is 3.80. The van der Waals surface area contributed by atoms with E-state index in [1.54, 1.807) is 0 Å². The highest BCUT2D eigenvalue weighted by atomic mass is 79.9. The maximum absolute atomic E-state index is 8.86. The molecule has 2 rings (SSSR count). The number of nitrogens with zero attached hydrogens (tertiary/aromatic N) is 2. The third-order valence-electron chi connectivity index (χ3n) is 3.75. The smallest absolute Gasteiger partial charge is 0.0992 e. The van der Waals surface area contributed by atoms with Gasteiger partial charge in [-0.15, -0.1) is 0 Å². The van der Waals surface area contributed by atoms with Crippen molar-refractivity contribution in [2.75, 3.05) is 18.0 Å². The van der Waals surface area contributed by atoms with Gasteiger partial charge in [-0.25, -0.2) is 0 Å². The third kappa shape index (κ3) is 2.63. The van der Waals surface area contributed by atoms with Crippen LogP contribution in [-0.2, 0) is 0 Å². The molecule has 90 valence electrons. The number of hydrogen-bond acceptors (Lipinski definition) is 2. The average molecular weight is 293 g/mol. The number of nitriles is 1. The summed E-state index contributed by atoms with van der Waals surface area (Å²) < 4.78 is 1.03. The van der Waals surface area contributed by atoms with Gasteiger partial charge in [0.15, 0.2) is 0 Å². The Kier molecular flexibility index (Phi) is 3.73. The SMILES string of the molecule is CC1CCN(c2ccc(C#N)cc2Br)CC1C. The predicted molar refractivity (Wildman–Crippen MR) is 74.0 cm³/mol. The van der Waals surface area contributed by atoms with E-state index in [0.717, 1.165) is 29.4 Å². The van der Waals surface area contributed by atoms with Gasteiger partial charge in [-0.1, -0.05) is 13.8 Å². The van der Waals surface area contributed by atoms with Crippen LogP contribution in [-0.4, -0.2) is 13.1 Å². The van der Waals surface area contributed by atoms with Crippen LogP contribution in [0.15, 0.2) is 22.7 Å². The Bertz CT molecular complexity index is 450. The van der Waals surface area contributed by atoms with Crippen molar-refractivity contribution in [2.45, 2.75) is 20.3 Å². The van der Waals surface area contributed by atoms with Crippen LogP contribution in [0.3, 0.4) is 0 Å². The molecular formula is C14H17BrN2. The van der Waals surface area contributed by atoms with Gasteiger partial charge in [-0.05, 0) is 52.4 Å². The molecule has 1 saturated heterocycles. The van der Waals surface area contributed by atoms with Gasteiger partial charge in [0, 0.05) is 17.6 Å². The monoisotopic (exact) mass is 292 g/mol. The fourth-order valence-electron chi connectivity index (χ4n) is 2.31. The summed E-state index contributed by atoms with van der Waals surface area (Å²) in [6.45, 7) is 6.85. The zero-order chi connectivity index (χ0) is 12.4. The van der Waals surface area contributed by atoms with Crippen molar-refractivity contribution in [3.05, 3.63) is 28.2 Å². The van der Waals surface area contributed by atoms with Crippen LogP contribution in [0.25, 0.3) is 0 Å². The van der Waals surface area contributed by atoms with Crippen LogP contribution in [0.4, 0.5) is 5.69 Å². The van der Waals surface area contributed by atoms with Crippen molar-refractivity contribution in [1.82, 2.24) is 0 Å². The van der Waals surface area contributed by atoms with Crippen LogP contribution < -0.4 is 4.90 Å². The van der Waals surface area contributed by atoms with Crippen LogP contribution >= 0.6 is 15.9 Å². The summed E-state index contributed by atoms with van der Waals surface area (Å²) in [6.07, 6.45) is 1.24. The highest BCUT2D eigenvalue weighted by Gasteiger charge is 2.23. The molecule has 0 N–H and O–H groups in total. The second kappa shape index (κ2) is 5.10. The van der Waals surface area contributed by atoms with E-state index in [1.807, 2.05) is 18.2 Å². The van der Waals surface area contributed by atoms with E-state index in [0.29, 0.717) is 5.56 Å². The maximum atomic E-state index is 8.86. The first-order chi connectivity index (χ1) is 8.11. The van der Waals surface area contributed by atoms with Crippen LogP contribution in [0.2, 0.25) is 0 Å². The van der Waals surface area contributed by atoms with Gasteiger partial charge in [-0.3, -0.25) is 0 Å². The van der Waals surface area contributed by atoms with Crippen molar-refractivity contribution in [3.8, 4) is 6.07 Å². The average Bonchev–Trinajstić information content (AvgIpc) is 2.32. The summed E-state index contributed by atoms with van der Waals surface area (Å²) >= 11 is 3.57. The Balaban J connectivity index is 2.21. The molecule has 2 nitrogen and oxygen atoms in total. The van der Waals surface area contributed by atoms with Crippen LogP contribution in [0.1, 0.15) is 25.8 Å². The van der Waals surface area contributed by atoms with Crippen LogP contribution in [0, 0.1) is 23.2 Å². The molecule has 0 radical (unpaired) electrons. The number of piperidine rings is 1. The molecule has 17 heavy (non-hydrogen) atoms. The highest BCUT2D eigenvalue weighted by Crippen LogP contribution is 2.32. The molecule has 1 aliphatic heterocycles. The second-order valence-electron chi connectivity index (χ2n) is 4.97. The Labute approximate surface area is 111 Å². The molecule has 2 unspecified atom stereocenters. The minimum absolute atomic E-state index is 0.707. The van der Waals surface area contributed by atoms with E-state index in [4.69, 9.17) is 5.26 Å². The fraction of sp³-hybridized carbons (Fsp3) is 0.500.